The van der Waals surface area contributed by atoms with Gasteiger partial charge in [-0.3, -0.25) is 14.3 Å². The van der Waals surface area contributed by atoms with E-state index in [1.54, 1.807) is 24.1 Å². The van der Waals surface area contributed by atoms with Crippen molar-refractivity contribution < 1.29 is 9.59 Å². The van der Waals surface area contributed by atoms with Gasteiger partial charge in [-0.2, -0.15) is 5.10 Å². The summed E-state index contributed by atoms with van der Waals surface area (Å²) in [6.07, 6.45) is 10.0. The standard InChI is InChI=1S/C18H29N5O2.ClH/c1-22-13-15(12-21-22)16(24)20-11-14-5-9-23(10-6-14)17(25)18(19)7-3-2-4-8-18;/h12-14H,2-11,19H2,1H3,(H,20,24);1H. The van der Waals surface area contributed by atoms with Crippen LogP contribution in [0.1, 0.15) is 55.3 Å². The molecule has 2 heterocycles. The Morgan fingerprint density at radius 2 is 1.92 bits per heavy atom. The molecule has 146 valence electrons. The van der Waals surface area contributed by atoms with Crippen LogP contribution in [0.5, 0.6) is 0 Å². The number of piperidine rings is 1. The minimum Gasteiger partial charge on any atom is -0.352 e. The summed E-state index contributed by atoms with van der Waals surface area (Å²) in [7, 11) is 1.79. The molecular weight excluding hydrogens is 354 g/mol. The molecule has 0 bridgehead atoms. The number of amides is 2. The van der Waals surface area contributed by atoms with Crippen LogP contribution in [-0.4, -0.2) is 51.7 Å². The van der Waals surface area contributed by atoms with Crippen LogP contribution in [0.3, 0.4) is 0 Å². The second kappa shape index (κ2) is 8.86. The minimum absolute atomic E-state index is 0. The number of nitrogens with two attached hydrogens (primary N) is 1. The maximum absolute atomic E-state index is 12.8. The number of likely N-dealkylation sites (tertiary alicyclic amines) is 1. The first-order chi connectivity index (χ1) is 12.0. The highest BCUT2D eigenvalue weighted by atomic mass is 35.5. The zero-order valence-corrected chi connectivity index (χ0v) is 16.3. The molecule has 8 heteroatoms. The predicted molar refractivity (Wildman–Crippen MR) is 102 cm³/mol. The molecule has 1 aliphatic heterocycles. The lowest BCUT2D eigenvalue weighted by Crippen LogP contribution is -2.57. The lowest BCUT2D eigenvalue weighted by Gasteiger charge is -2.40. The van der Waals surface area contributed by atoms with E-state index in [2.05, 4.69) is 10.4 Å². The van der Waals surface area contributed by atoms with E-state index in [1.165, 1.54) is 6.42 Å². The SMILES string of the molecule is Cl.Cn1cc(C(=O)NCC2CCN(C(=O)C3(N)CCCCC3)CC2)cn1. The molecule has 1 aromatic rings. The third-order valence-corrected chi connectivity index (χ3v) is 5.59. The van der Waals surface area contributed by atoms with Gasteiger partial charge in [-0.25, -0.2) is 0 Å². The van der Waals surface area contributed by atoms with Crippen molar-refractivity contribution in [3.63, 3.8) is 0 Å². The fraction of sp³-hybridized carbons (Fsp3) is 0.722. The van der Waals surface area contributed by atoms with E-state index in [0.717, 1.165) is 51.6 Å². The molecule has 0 aromatic carbocycles. The minimum atomic E-state index is -0.639. The Labute approximate surface area is 161 Å². The maximum atomic E-state index is 12.8. The highest BCUT2D eigenvalue weighted by Gasteiger charge is 2.39. The van der Waals surface area contributed by atoms with Gasteiger partial charge in [0.25, 0.3) is 5.91 Å². The number of rotatable bonds is 4. The van der Waals surface area contributed by atoms with E-state index in [-0.39, 0.29) is 24.2 Å². The van der Waals surface area contributed by atoms with Crippen molar-refractivity contribution in [3.05, 3.63) is 18.0 Å². The van der Waals surface area contributed by atoms with Gasteiger partial charge in [0.2, 0.25) is 5.91 Å². The molecule has 0 radical (unpaired) electrons. The van der Waals surface area contributed by atoms with Crippen LogP contribution in [0, 0.1) is 5.92 Å². The number of halogens is 1. The first-order valence-electron chi connectivity index (χ1n) is 9.33. The third-order valence-electron chi connectivity index (χ3n) is 5.59. The average Bonchev–Trinajstić information content (AvgIpc) is 3.07. The quantitative estimate of drug-likeness (QED) is 0.823. The molecule has 0 unspecified atom stereocenters. The molecule has 1 aliphatic carbocycles. The van der Waals surface area contributed by atoms with Crippen LogP contribution in [0.4, 0.5) is 0 Å². The van der Waals surface area contributed by atoms with E-state index in [1.807, 2.05) is 4.90 Å². The molecule has 1 aromatic heterocycles. The summed E-state index contributed by atoms with van der Waals surface area (Å²) in [5, 5.41) is 6.99. The summed E-state index contributed by atoms with van der Waals surface area (Å²) >= 11 is 0. The van der Waals surface area contributed by atoms with E-state index < -0.39 is 5.54 Å². The monoisotopic (exact) mass is 383 g/mol. The second-order valence-corrected chi connectivity index (χ2v) is 7.57. The van der Waals surface area contributed by atoms with E-state index in [9.17, 15) is 9.59 Å². The summed E-state index contributed by atoms with van der Waals surface area (Å²) in [4.78, 5) is 26.8. The smallest absolute Gasteiger partial charge is 0.254 e. The van der Waals surface area contributed by atoms with Crippen molar-refractivity contribution in [1.82, 2.24) is 20.0 Å². The Bertz CT molecular complexity index is 619. The Hall–Kier alpha value is -1.60. The number of hydrogen-bond acceptors (Lipinski definition) is 4. The first-order valence-corrected chi connectivity index (χ1v) is 9.33. The Morgan fingerprint density at radius 3 is 2.50 bits per heavy atom. The van der Waals surface area contributed by atoms with E-state index in [0.29, 0.717) is 18.0 Å². The van der Waals surface area contributed by atoms with E-state index >= 15 is 0 Å². The summed E-state index contributed by atoms with van der Waals surface area (Å²) < 4.78 is 1.62. The molecule has 2 aliphatic rings. The van der Waals surface area contributed by atoms with Crippen molar-refractivity contribution in [3.8, 4) is 0 Å². The van der Waals surface area contributed by atoms with Crippen LogP contribution < -0.4 is 11.1 Å². The van der Waals surface area contributed by atoms with Crippen LogP contribution in [0.25, 0.3) is 0 Å². The topological polar surface area (TPSA) is 93.2 Å². The molecule has 3 N–H and O–H groups in total. The van der Waals surface area contributed by atoms with Gasteiger partial charge in [0.1, 0.15) is 0 Å². The van der Waals surface area contributed by atoms with Crippen LogP contribution in [0.2, 0.25) is 0 Å². The van der Waals surface area contributed by atoms with Crippen molar-refractivity contribution >= 4 is 24.2 Å². The molecule has 1 saturated carbocycles. The van der Waals surface area contributed by atoms with Gasteiger partial charge in [-0.15, -0.1) is 12.4 Å². The summed E-state index contributed by atoms with van der Waals surface area (Å²) in [5.41, 5.74) is 6.32. The third kappa shape index (κ3) is 4.76. The molecule has 26 heavy (non-hydrogen) atoms. The van der Waals surface area contributed by atoms with Crippen molar-refractivity contribution in [2.24, 2.45) is 18.7 Å². The number of nitrogens with zero attached hydrogens (tertiary/aromatic N) is 3. The summed E-state index contributed by atoms with van der Waals surface area (Å²) in [6, 6.07) is 0. The lowest BCUT2D eigenvalue weighted by molar-refractivity contribution is -0.139. The normalized spacial score (nSPS) is 20.3. The molecule has 2 amide bonds. The average molecular weight is 384 g/mol. The highest BCUT2D eigenvalue weighted by Crippen LogP contribution is 2.29. The second-order valence-electron chi connectivity index (χ2n) is 7.57. The highest BCUT2D eigenvalue weighted by molar-refractivity contribution is 5.93. The Balaban J connectivity index is 0.00000243. The van der Waals surface area contributed by atoms with Gasteiger partial charge in [0.15, 0.2) is 0 Å². The van der Waals surface area contributed by atoms with Gasteiger partial charge in [-0.05, 0) is 31.6 Å². The molecule has 0 atom stereocenters. The summed E-state index contributed by atoms with van der Waals surface area (Å²) in [6.45, 7) is 2.12. The lowest BCUT2D eigenvalue weighted by atomic mass is 9.81. The van der Waals surface area contributed by atoms with Crippen LogP contribution >= 0.6 is 12.4 Å². The Kier molecular flexibility index (Phi) is 7.06. The van der Waals surface area contributed by atoms with Crippen LogP contribution in [-0.2, 0) is 11.8 Å². The zero-order valence-electron chi connectivity index (χ0n) is 15.4. The number of carbonyl (C=O) groups excluding carboxylic acids is 2. The maximum Gasteiger partial charge on any atom is 0.254 e. The first kappa shape index (κ1) is 20.7. The molecule has 3 rings (SSSR count). The largest absolute Gasteiger partial charge is 0.352 e. The molecular formula is C18H30ClN5O2. The van der Waals surface area contributed by atoms with Gasteiger partial charge in [-0.1, -0.05) is 19.3 Å². The number of aryl methyl sites for hydroxylation is 1. The molecule has 0 spiro atoms. The number of carbonyl (C=O) groups is 2. The summed E-state index contributed by atoms with van der Waals surface area (Å²) in [5.74, 6) is 0.449. The number of nitrogens with one attached hydrogen (secondary N) is 1. The van der Waals surface area contributed by atoms with Gasteiger partial charge in [0, 0.05) is 32.9 Å². The molecule has 1 saturated heterocycles. The van der Waals surface area contributed by atoms with Gasteiger partial charge < -0.3 is 16.0 Å². The molecule has 2 fully saturated rings. The predicted octanol–water partition coefficient (Wildman–Crippen LogP) is 1.47. The fourth-order valence-electron chi connectivity index (χ4n) is 3.93. The fourth-order valence-corrected chi connectivity index (χ4v) is 3.93. The van der Waals surface area contributed by atoms with E-state index in [4.69, 9.17) is 5.73 Å². The van der Waals surface area contributed by atoms with Crippen molar-refractivity contribution in [1.29, 1.82) is 0 Å². The number of aromatic nitrogens is 2. The molecule has 7 nitrogen and oxygen atoms in total. The van der Waals surface area contributed by atoms with Gasteiger partial charge in [0.05, 0.1) is 17.3 Å². The van der Waals surface area contributed by atoms with Crippen molar-refractivity contribution in [2.45, 2.75) is 50.5 Å². The van der Waals surface area contributed by atoms with Crippen molar-refractivity contribution in [2.75, 3.05) is 19.6 Å². The van der Waals surface area contributed by atoms with Gasteiger partial charge >= 0.3 is 0 Å². The zero-order chi connectivity index (χ0) is 17.9. The number of hydrogen-bond donors (Lipinski definition) is 2. The Morgan fingerprint density at radius 1 is 1.27 bits per heavy atom. The van der Waals surface area contributed by atoms with Crippen LogP contribution in [0.15, 0.2) is 12.4 Å².